The van der Waals surface area contributed by atoms with Gasteiger partial charge in [-0.05, 0) is 20.8 Å². The molecule has 0 saturated heterocycles. The van der Waals surface area contributed by atoms with Gasteiger partial charge >= 0.3 is 0 Å². The summed E-state index contributed by atoms with van der Waals surface area (Å²) in [7, 11) is 0. The minimum atomic E-state index is 0.929. The molecular formula is C5H10NO. The van der Waals surface area contributed by atoms with Gasteiger partial charge in [0.05, 0.1) is 5.71 Å². The van der Waals surface area contributed by atoms with Gasteiger partial charge < -0.3 is 4.84 Å². The zero-order valence-electron chi connectivity index (χ0n) is 4.93. The summed E-state index contributed by atoms with van der Waals surface area (Å²) in [6.45, 7) is 7.08. The van der Waals surface area contributed by atoms with Crippen molar-refractivity contribution >= 4 is 5.71 Å². The van der Waals surface area contributed by atoms with E-state index >= 15 is 0 Å². The minimum absolute atomic E-state index is 0.929. The van der Waals surface area contributed by atoms with Crippen molar-refractivity contribution in [3.05, 3.63) is 6.61 Å². The molecule has 0 aromatic rings. The second kappa shape index (κ2) is 3.65. The van der Waals surface area contributed by atoms with E-state index in [-0.39, 0.29) is 0 Å². The predicted molar refractivity (Wildman–Crippen MR) is 29.8 cm³/mol. The van der Waals surface area contributed by atoms with Crippen molar-refractivity contribution in [3.63, 3.8) is 0 Å². The van der Waals surface area contributed by atoms with Crippen molar-refractivity contribution in [1.82, 2.24) is 0 Å². The van der Waals surface area contributed by atoms with Gasteiger partial charge in [-0.15, -0.1) is 0 Å². The third-order valence-electron chi connectivity index (χ3n) is 0.341. The van der Waals surface area contributed by atoms with E-state index in [0.29, 0.717) is 0 Å². The van der Waals surface area contributed by atoms with E-state index in [0.717, 1.165) is 5.71 Å². The molecule has 7 heavy (non-hydrogen) atoms. The van der Waals surface area contributed by atoms with E-state index in [4.69, 9.17) is 0 Å². The fraction of sp³-hybridized carbons (Fsp3) is 0.600. The number of hydrogen-bond acceptors (Lipinski definition) is 2. The quantitative estimate of drug-likeness (QED) is 0.381. The third-order valence-corrected chi connectivity index (χ3v) is 0.341. The maximum absolute atomic E-state index is 4.56. The van der Waals surface area contributed by atoms with Crippen LogP contribution in [0.15, 0.2) is 5.16 Å². The summed E-state index contributed by atoms with van der Waals surface area (Å²) in [4.78, 5) is 4.56. The molecule has 0 atom stereocenters. The minimum Gasteiger partial charge on any atom is -0.389 e. The van der Waals surface area contributed by atoms with Crippen LogP contribution in [0.5, 0.6) is 0 Å². The summed E-state index contributed by atoms with van der Waals surface area (Å²) in [5.41, 5.74) is 0.929. The van der Waals surface area contributed by atoms with Crippen molar-refractivity contribution in [1.29, 1.82) is 0 Å². The lowest BCUT2D eigenvalue weighted by Gasteiger charge is -1.88. The molecule has 0 saturated carbocycles. The number of hydrogen-bond donors (Lipinski definition) is 0. The van der Waals surface area contributed by atoms with E-state index in [1.54, 1.807) is 6.92 Å². The van der Waals surface area contributed by atoms with E-state index in [1.807, 2.05) is 13.8 Å². The molecule has 0 aliphatic carbocycles. The van der Waals surface area contributed by atoms with Crippen LogP contribution in [0, 0.1) is 6.61 Å². The van der Waals surface area contributed by atoms with E-state index in [1.165, 1.54) is 6.61 Å². The highest BCUT2D eigenvalue weighted by atomic mass is 16.6. The van der Waals surface area contributed by atoms with Gasteiger partial charge in [0.15, 0.2) is 6.61 Å². The highest BCUT2D eigenvalue weighted by Crippen LogP contribution is 1.80. The molecule has 0 amide bonds. The number of oxime groups is 1. The Morgan fingerprint density at radius 1 is 1.57 bits per heavy atom. The molecule has 0 aromatic carbocycles. The van der Waals surface area contributed by atoms with Gasteiger partial charge in [-0.2, -0.15) is 0 Å². The normalized spacial score (nSPS) is 7.86. The molecule has 0 unspecified atom stereocenters. The van der Waals surface area contributed by atoms with E-state index in [2.05, 4.69) is 9.99 Å². The summed E-state index contributed by atoms with van der Waals surface area (Å²) in [6, 6.07) is 0. The van der Waals surface area contributed by atoms with Crippen LogP contribution in [-0.2, 0) is 4.84 Å². The van der Waals surface area contributed by atoms with Gasteiger partial charge in [-0.1, -0.05) is 5.16 Å². The summed E-state index contributed by atoms with van der Waals surface area (Å²) in [6.07, 6.45) is 0. The highest BCUT2D eigenvalue weighted by molar-refractivity contribution is 5.78. The molecule has 0 N–H and O–H groups in total. The largest absolute Gasteiger partial charge is 0.389 e. The molecule has 0 bridgehead atoms. The first-order valence-electron chi connectivity index (χ1n) is 2.22. The average Bonchev–Trinajstić information content (AvgIpc) is 1.61. The zero-order chi connectivity index (χ0) is 5.70. The Morgan fingerprint density at radius 2 is 2.14 bits per heavy atom. The van der Waals surface area contributed by atoms with Gasteiger partial charge in [0.25, 0.3) is 0 Å². The van der Waals surface area contributed by atoms with Crippen molar-refractivity contribution in [2.45, 2.75) is 20.8 Å². The molecule has 1 radical (unpaired) electrons. The van der Waals surface area contributed by atoms with Crippen LogP contribution >= 0.6 is 0 Å². The van der Waals surface area contributed by atoms with Crippen molar-refractivity contribution in [3.8, 4) is 0 Å². The molecule has 0 heterocycles. The first kappa shape index (κ1) is 6.47. The van der Waals surface area contributed by atoms with Crippen LogP contribution in [0.25, 0.3) is 0 Å². The maximum Gasteiger partial charge on any atom is 0.163 e. The predicted octanol–water partition coefficient (Wildman–Crippen LogP) is 1.58. The zero-order valence-corrected chi connectivity index (χ0v) is 4.93. The SMILES string of the molecule is C[CH]ON=C(C)C. The molecule has 0 rings (SSSR count). The van der Waals surface area contributed by atoms with Crippen LogP contribution in [0.2, 0.25) is 0 Å². The summed E-state index contributed by atoms with van der Waals surface area (Å²) in [5, 5.41) is 3.60. The number of rotatable bonds is 2. The fourth-order valence-corrected chi connectivity index (χ4v) is 0.158. The average molecular weight is 100 g/mol. The fourth-order valence-electron chi connectivity index (χ4n) is 0.158. The maximum atomic E-state index is 4.56. The van der Waals surface area contributed by atoms with Crippen LogP contribution < -0.4 is 0 Å². The molecule has 2 nitrogen and oxygen atoms in total. The molecule has 0 spiro atoms. The topological polar surface area (TPSA) is 21.6 Å². The first-order chi connectivity index (χ1) is 3.27. The lowest BCUT2D eigenvalue weighted by atomic mass is 10.5. The Bertz CT molecular complexity index is 64.5. The standard InChI is InChI=1S/C5H10NO/c1-4-7-6-5(2)3/h4H,1-3H3. The Kier molecular flexibility index (Phi) is 3.38. The molecule has 0 aromatic heterocycles. The Balaban J connectivity index is 3.08. The first-order valence-corrected chi connectivity index (χ1v) is 2.22. The molecule has 0 fully saturated rings. The van der Waals surface area contributed by atoms with Crippen LogP contribution in [-0.4, -0.2) is 5.71 Å². The van der Waals surface area contributed by atoms with E-state index in [9.17, 15) is 0 Å². The van der Waals surface area contributed by atoms with Crippen LogP contribution in [0.3, 0.4) is 0 Å². The lowest BCUT2D eigenvalue weighted by Crippen LogP contribution is -1.80. The van der Waals surface area contributed by atoms with Crippen molar-refractivity contribution in [2.75, 3.05) is 0 Å². The second-order valence-corrected chi connectivity index (χ2v) is 1.38. The summed E-state index contributed by atoms with van der Waals surface area (Å²) >= 11 is 0. The highest BCUT2D eigenvalue weighted by Gasteiger charge is 1.73. The Hall–Kier alpha value is -0.530. The molecule has 0 aliphatic heterocycles. The van der Waals surface area contributed by atoms with Gasteiger partial charge in [-0.25, -0.2) is 0 Å². The molecule has 41 valence electrons. The summed E-state index contributed by atoms with van der Waals surface area (Å²) < 4.78 is 0. The lowest BCUT2D eigenvalue weighted by molar-refractivity contribution is 0.219. The smallest absolute Gasteiger partial charge is 0.163 e. The van der Waals surface area contributed by atoms with E-state index < -0.39 is 0 Å². The van der Waals surface area contributed by atoms with Crippen LogP contribution in [0.4, 0.5) is 0 Å². The van der Waals surface area contributed by atoms with Crippen molar-refractivity contribution in [2.24, 2.45) is 5.16 Å². The second-order valence-electron chi connectivity index (χ2n) is 1.38. The molecule has 0 aliphatic rings. The van der Waals surface area contributed by atoms with Gasteiger partial charge in [-0.3, -0.25) is 0 Å². The number of nitrogens with zero attached hydrogens (tertiary/aromatic N) is 1. The Morgan fingerprint density at radius 3 is 2.29 bits per heavy atom. The Labute approximate surface area is 44.2 Å². The molecule has 2 heteroatoms. The molecular weight excluding hydrogens is 90.1 g/mol. The van der Waals surface area contributed by atoms with Gasteiger partial charge in [0.2, 0.25) is 0 Å². The van der Waals surface area contributed by atoms with Crippen LogP contribution in [0.1, 0.15) is 20.8 Å². The van der Waals surface area contributed by atoms with Crippen molar-refractivity contribution < 1.29 is 4.84 Å². The van der Waals surface area contributed by atoms with Gasteiger partial charge in [0, 0.05) is 0 Å². The van der Waals surface area contributed by atoms with Gasteiger partial charge in [0.1, 0.15) is 0 Å². The third kappa shape index (κ3) is 5.47. The monoisotopic (exact) mass is 100 g/mol. The summed E-state index contributed by atoms with van der Waals surface area (Å²) in [5.74, 6) is 0.